The van der Waals surface area contributed by atoms with Crippen LogP contribution in [0.5, 0.6) is 0 Å². The van der Waals surface area contributed by atoms with Crippen molar-refractivity contribution in [1.29, 1.82) is 0 Å². The third kappa shape index (κ3) is 4.15. The average molecular weight is 493 g/mol. The first-order valence-corrected chi connectivity index (χ1v) is 10.6. The summed E-state index contributed by atoms with van der Waals surface area (Å²) in [5.41, 5.74) is 1.44. The van der Waals surface area contributed by atoms with Gasteiger partial charge in [-0.1, -0.05) is 52.3 Å². The lowest BCUT2D eigenvalue weighted by atomic mass is 10.1. The Kier molecular flexibility index (Phi) is 5.97. The van der Waals surface area contributed by atoms with E-state index in [2.05, 4.69) is 22.5 Å². The van der Waals surface area contributed by atoms with Gasteiger partial charge in [0, 0.05) is 16.6 Å². The van der Waals surface area contributed by atoms with Gasteiger partial charge in [0.2, 0.25) is 0 Å². The SMILES string of the molecule is C=CCN1C(=O)/C(=C\c2ccc(-c3ccc(Br)cc3)o2)C(=O)N(c2ccccc2)C1=S. The number of carbonyl (C=O) groups is 2. The Morgan fingerprint density at radius 3 is 2.35 bits per heavy atom. The van der Waals surface area contributed by atoms with Crippen LogP contribution in [-0.4, -0.2) is 28.4 Å². The zero-order valence-electron chi connectivity index (χ0n) is 16.3. The number of carbonyl (C=O) groups excluding carboxylic acids is 2. The predicted molar refractivity (Wildman–Crippen MR) is 128 cm³/mol. The molecule has 0 aliphatic carbocycles. The number of amides is 2. The topological polar surface area (TPSA) is 53.8 Å². The molecule has 0 spiro atoms. The van der Waals surface area contributed by atoms with E-state index in [1.54, 1.807) is 42.5 Å². The lowest BCUT2D eigenvalue weighted by Gasteiger charge is -2.36. The maximum Gasteiger partial charge on any atom is 0.270 e. The molecule has 7 heteroatoms. The predicted octanol–water partition coefficient (Wildman–Crippen LogP) is 5.44. The van der Waals surface area contributed by atoms with Crippen LogP contribution in [-0.2, 0) is 9.59 Å². The number of halogens is 1. The first kappa shape index (κ1) is 21.0. The summed E-state index contributed by atoms with van der Waals surface area (Å²) in [6.45, 7) is 3.88. The van der Waals surface area contributed by atoms with Crippen LogP contribution in [0.4, 0.5) is 5.69 Å². The molecule has 1 aromatic heterocycles. The number of benzene rings is 2. The summed E-state index contributed by atoms with van der Waals surface area (Å²) in [6, 6.07) is 20.2. The Balaban J connectivity index is 1.73. The number of furan rings is 1. The van der Waals surface area contributed by atoms with Gasteiger partial charge in [0.15, 0.2) is 5.11 Å². The third-order valence-electron chi connectivity index (χ3n) is 4.70. The Bertz CT molecular complexity index is 1200. The molecule has 0 atom stereocenters. The highest BCUT2D eigenvalue weighted by atomic mass is 79.9. The maximum atomic E-state index is 13.3. The molecule has 1 aliphatic heterocycles. The molecule has 0 N–H and O–H groups in total. The molecule has 1 aliphatic rings. The number of anilines is 1. The molecule has 3 aromatic rings. The molecule has 1 saturated heterocycles. The Morgan fingerprint density at radius 1 is 0.968 bits per heavy atom. The first-order chi connectivity index (χ1) is 15.0. The second kappa shape index (κ2) is 8.83. The van der Waals surface area contributed by atoms with Crippen molar-refractivity contribution < 1.29 is 14.0 Å². The normalized spacial score (nSPS) is 15.6. The molecular formula is C24H17BrN2O3S. The second-order valence-electron chi connectivity index (χ2n) is 6.73. The van der Waals surface area contributed by atoms with Crippen molar-refractivity contribution in [3.8, 4) is 11.3 Å². The van der Waals surface area contributed by atoms with E-state index in [-0.39, 0.29) is 17.2 Å². The van der Waals surface area contributed by atoms with E-state index in [4.69, 9.17) is 16.6 Å². The largest absolute Gasteiger partial charge is 0.457 e. The van der Waals surface area contributed by atoms with E-state index in [0.717, 1.165) is 10.0 Å². The number of hydrogen-bond donors (Lipinski definition) is 0. The van der Waals surface area contributed by atoms with Crippen molar-refractivity contribution >= 4 is 56.8 Å². The zero-order chi connectivity index (χ0) is 22.0. The lowest BCUT2D eigenvalue weighted by molar-refractivity contribution is -0.127. The number of nitrogens with zero attached hydrogens (tertiary/aromatic N) is 2. The van der Waals surface area contributed by atoms with Gasteiger partial charge in [-0.05, 0) is 54.7 Å². The van der Waals surface area contributed by atoms with Gasteiger partial charge in [-0.2, -0.15) is 0 Å². The summed E-state index contributed by atoms with van der Waals surface area (Å²) in [5, 5.41) is 0.119. The summed E-state index contributed by atoms with van der Waals surface area (Å²) in [7, 11) is 0. The van der Waals surface area contributed by atoms with Crippen LogP contribution in [0.1, 0.15) is 5.76 Å². The minimum atomic E-state index is -0.497. The van der Waals surface area contributed by atoms with Gasteiger partial charge in [0.1, 0.15) is 17.1 Å². The van der Waals surface area contributed by atoms with Crippen molar-refractivity contribution in [2.24, 2.45) is 0 Å². The molecule has 5 nitrogen and oxygen atoms in total. The molecule has 154 valence electrons. The molecule has 0 bridgehead atoms. The van der Waals surface area contributed by atoms with Gasteiger partial charge < -0.3 is 4.42 Å². The van der Waals surface area contributed by atoms with Gasteiger partial charge in [-0.3, -0.25) is 19.4 Å². The number of para-hydroxylation sites is 1. The molecule has 0 saturated carbocycles. The van der Waals surface area contributed by atoms with Crippen LogP contribution in [0, 0.1) is 0 Å². The quantitative estimate of drug-likeness (QED) is 0.206. The molecule has 2 heterocycles. The van der Waals surface area contributed by atoms with Crippen molar-refractivity contribution in [3.05, 3.63) is 95.2 Å². The molecule has 4 rings (SSSR count). The van der Waals surface area contributed by atoms with Gasteiger partial charge in [-0.15, -0.1) is 6.58 Å². The number of thiocarbonyl (C=S) groups is 1. The fourth-order valence-corrected chi connectivity index (χ4v) is 3.82. The van der Waals surface area contributed by atoms with Crippen molar-refractivity contribution in [2.75, 3.05) is 11.4 Å². The van der Waals surface area contributed by atoms with Crippen molar-refractivity contribution in [3.63, 3.8) is 0 Å². The van der Waals surface area contributed by atoms with Crippen molar-refractivity contribution in [2.45, 2.75) is 0 Å². The van der Waals surface area contributed by atoms with E-state index >= 15 is 0 Å². The van der Waals surface area contributed by atoms with E-state index in [0.29, 0.717) is 17.2 Å². The third-order valence-corrected chi connectivity index (χ3v) is 5.63. The minimum absolute atomic E-state index is 0.0315. The Morgan fingerprint density at radius 2 is 1.68 bits per heavy atom. The smallest absolute Gasteiger partial charge is 0.270 e. The molecule has 1 fully saturated rings. The highest BCUT2D eigenvalue weighted by Gasteiger charge is 2.40. The van der Waals surface area contributed by atoms with E-state index in [1.165, 1.54) is 15.9 Å². The fourth-order valence-electron chi connectivity index (χ4n) is 3.21. The van der Waals surface area contributed by atoms with Crippen LogP contribution in [0.25, 0.3) is 17.4 Å². The minimum Gasteiger partial charge on any atom is -0.457 e. The van der Waals surface area contributed by atoms with E-state index in [1.807, 2.05) is 30.3 Å². The van der Waals surface area contributed by atoms with E-state index in [9.17, 15) is 9.59 Å². The molecule has 31 heavy (non-hydrogen) atoms. The Hall–Kier alpha value is -3.29. The summed E-state index contributed by atoms with van der Waals surface area (Å²) in [4.78, 5) is 29.0. The summed E-state index contributed by atoms with van der Waals surface area (Å²) < 4.78 is 6.85. The fraction of sp³-hybridized carbons (Fsp3) is 0.0417. The van der Waals surface area contributed by atoms with Gasteiger partial charge in [0.05, 0.1) is 5.69 Å². The van der Waals surface area contributed by atoms with Crippen LogP contribution in [0.2, 0.25) is 0 Å². The standard InChI is InChI=1S/C24H17BrN2O3S/c1-2-14-26-22(28)20(23(29)27(24(26)31)18-6-4-3-5-7-18)15-19-12-13-21(30-19)16-8-10-17(25)11-9-16/h2-13,15H,1,14H2/b20-15+. The lowest BCUT2D eigenvalue weighted by Crippen LogP contribution is -2.56. The van der Waals surface area contributed by atoms with Gasteiger partial charge in [0.25, 0.3) is 11.8 Å². The average Bonchev–Trinajstić information content (AvgIpc) is 3.24. The molecular weight excluding hydrogens is 476 g/mol. The summed E-state index contributed by atoms with van der Waals surface area (Å²) >= 11 is 8.86. The number of rotatable bonds is 5. The van der Waals surface area contributed by atoms with Crippen LogP contribution < -0.4 is 4.90 Å². The molecule has 2 amide bonds. The summed E-state index contributed by atoms with van der Waals surface area (Å²) in [6.07, 6.45) is 3.03. The van der Waals surface area contributed by atoms with Crippen molar-refractivity contribution in [1.82, 2.24) is 4.90 Å². The molecule has 0 radical (unpaired) electrons. The summed E-state index contributed by atoms with van der Waals surface area (Å²) in [5.74, 6) is 0.0502. The second-order valence-corrected chi connectivity index (χ2v) is 8.01. The number of hydrogen-bond acceptors (Lipinski definition) is 4. The zero-order valence-corrected chi connectivity index (χ0v) is 18.7. The van der Waals surface area contributed by atoms with Crippen LogP contribution in [0.15, 0.2) is 93.8 Å². The maximum absolute atomic E-state index is 13.3. The first-order valence-electron chi connectivity index (χ1n) is 9.43. The highest BCUT2D eigenvalue weighted by molar-refractivity contribution is 9.10. The Labute approximate surface area is 193 Å². The molecule has 2 aromatic carbocycles. The van der Waals surface area contributed by atoms with Gasteiger partial charge >= 0.3 is 0 Å². The van der Waals surface area contributed by atoms with Crippen LogP contribution >= 0.6 is 28.1 Å². The van der Waals surface area contributed by atoms with E-state index < -0.39 is 11.8 Å². The van der Waals surface area contributed by atoms with Gasteiger partial charge in [-0.25, -0.2) is 0 Å². The van der Waals surface area contributed by atoms with Crippen LogP contribution in [0.3, 0.4) is 0 Å². The highest BCUT2D eigenvalue weighted by Crippen LogP contribution is 2.28. The monoisotopic (exact) mass is 492 g/mol. The molecule has 0 unspecified atom stereocenters.